The summed E-state index contributed by atoms with van der Waals surface area (Å²) in [6.07, 6.45) is 3.08. The van der Waals surface area contributed by atoms with E-state index in [2.05, 4.69) is 52.8 Å². The van der Waals surface area contributed by atoms with Crippen molar-refractivity contribution in [1.29, 1.82) is 0 Å². The van der Waals surface area contributed by atoms with E-state index in [1.165, 1.54) is 11.8 Å². The van der Waals surface area contributed by atoms with Gasteiger partial charge in [0.05, 0.1) is 0 Å². The molecule has 1 atom stereocenters. The summed E-state index contributed by atoms with van der Waals surface area (Å²) >= 11 is 7.73. The number of anilines is 1. The summed E-state index contributed by atoms with van der Waals surface area (Å²) in [5.41, 5.74) is 1.73. The van der Waals surface area contributed by atoms with Crippen molar-refractivity contribution in [2.45, 2.75) is 63.9 Å². The summed E-state index contributed by atoms with van der Waals surface area (Å²) in [5.74, 6) is 1.46. The molecule has 0 saturated carbocycles. The Morgan fingerprint density at radius 2 is 1.91 bits per heavy atom. The quantitative estimate of drug-likeness (QED) is 0.213. The maximum atomic E-state index is 12.7. The lowest BCUT2D eigenvalue weighted by Gasteiger charge is -2.20. The van der Waals surface area contributed by atoms with Gasteiger partial charge in [-0.25, -0.2) is 9.97 Å². The fourth-order valence-corrected chi connectivity index (χ4v) is 4.61. The predicted molar refractivity (Wildman–Crippen MR) is 141 cm³/mol. The van der Waals surface area contributed by atoms with Crippen molar-refractivity contribution in [2.75, 3.05) is 38.1 Å². The van der Waals surface area contributed by atoms with Crippen molar-refractivity contribution in [2.24, 2.45) is 0 Å². The van der Waals surface area contributed by atoms with Crippen LogP contribution >= 0.6 is 23.4 Å². The van der Waals surface area contributed by atoms with E-state index in [1.54, 1.807) is 6.07 Å². The van der Waals surface area contributed by atoms with Gasteiger partial charge in [0.1, 0.15) is 11.0 Å². The summed E-state index contributed by atoms with van der Waals surface area (Å²) in [6.45, 7) is 12.7. The molecular weight excluding hydrogens is 454 g/mol. The number of halogens is 1. The number of nitrogens with zero attached hydrogens (tertiary/aromatic N) is 4. The van der Waals surface area contributed by atoms with Gasteiger partial charge in [-0.1, -0.05) is 56.3 Å². The number of amides is 1. The smallest absolute Gasteiger partial charge is 0.251 e. The van der Waals surface area contributed by atoms with Crippen LogP contribution in [0, 0.1) is 0 Å². The lowest BCUT2D eigenvalue weighted by molar-refractivity contribution is 0.0937. The number of carbonyl (C=O) groups excluding carboxylic acids is 1. The Labute approximate surface area is 208 Å². The van der Waals surface area contributed by atoms with Crippen LogP contribution in [0.25, 0.3) is 0 Å². The van der Waals surface area contributed by atoms with E-state index in [9.17, 15) is 4.79 Å². The zero-order chi connectivity index (χ0) is 24.2. The minimum atomic E-state index is -0.0281. The normalized spacial score (nSPS) is 12.1. The third-order valence-electron chi connectivity index (χ3n) is 5.55. The second kappa shape index (κ2) is 14.4. The number of benzene rings is 1. The lowest BCUT2D eigenvalue weighted by Crippen LogP contribution is -2.33. The Kier molecular flexibility index (Phi) is 12.0. The van der Waals surface area contributed by atoms with Gasteiger partial charge in [0, 0.05) is 37.0 Å². The molecule has 0 spiro atoms. The van der Waals surface area contributed by atoms with Gasteiger partial charge in [-0.05, 0) is 63.5 Å². The van der Waals surface area contributed by atoms with Crippen LogP contribution in [0.3, 0.4) is 0 Å². The number of hydrogen-bond donors (Lipinski definition) is 1. The van der Waals surface area contributed by atoms with Gasteiger partial charge in [0.15, 0.2) is 5.16 Å². The third kappa shape index (κ3) is 9.51. The molecule has 1 unspecified atom stereocenters. The molecule has 0 aliphatic carbocycles. The van der Waals surface area contributed by atoms with Crippen molar-refractivity contribution in [3.05, 3.63) is 46.6 Å². The standard InChI is InChI=1S/C25H38ClN5OS/c1-6-14-30(5)23-17-22(26)28-25(29-23)33-18-20-12-9-13-21(16-20)24(32)27-19(4)11-10-15-31(7-2)8-3/h9,12-13,16-17,19H,6-8,10-11,14-15,18H2,1-5H3,(H,27,32). The van der Waals surface area contributed by atoms with E-state index in [0.717, 1.165) is 56.8 Å². The summed E-state index contributed by atoms with van der Waals surface area (Å²) in [4.78, 5) is 26.2. The fourth-order valence-electron chi connectivity index (χ4n) is 3.59. The molecule has 1 N–H and O–H groups in total. The molecule has 0 saturated heterocycles. The molecule has 0 radical (unpaired) electrons. The average Bonchev–Trinajstić information content (AvgIpc) is 2.80. The van der Waals surface area contributed by atoms with E-state index in [1.807, 2.05) is 31.3 Å². The summed E-state index contributed by atoms with van der Waals surface area (Å²) in [5, 5.41) is 4.21. The summed E-state index contributed by atoms with van der Waals surface area (Å²) in [7, 11) is 2.00. The van der Waals surface area contributed by atoms with E-state index >= 15 is 0 Å². The van der Waals surface area contributed by atoms with E-state index < -0.39 is 0 Å². The highest BCUT2D eigenvalue weighted by molar-refractivity contribution is 7.98. The highest BCUT2D eigenvalue weighted by Crippen LogP contribution is 2.24. The first-order chi connectivity index (χ1) is 15.9. The molecule has 0 fully saturated rings. The van der Waals surface area contributed by atoms with Crippen molar-refractivity contribution in [3.63, 3.8) is 0 Å². The molecule has 1 amide bonds. The molecule has 182 valence electrons. The van der Waals surface area contributed by atoms with Crippen LogP contribution in [0.2, 0.25) is 5.15 Å². The molecule has 1 aromatic heterocycles. The largest absolute Gasteiger partial charge is 0.360 e. The van der Waals surface area contributed by atoms with Crippen molar-refractivity contribution in [3.8, 4) is 0 Å². The first-order valence-electron chi connectivity index (χ1n) is 11.9. The maximum Gasteiger partial charge on any atom is 0.251 e. The third-order valence-corrected chi connectivity index (χ3v) is 6.66. The van der Waals surface area contributed by atoms with Crippen molar-refractivity contribution in [1.82, 2.24) is 20.2 Å². The van der Waals surface area contributed by atoms with Gasteiger partial charge in [-0.2, -0.15) is 0 Å². The number of carbonyl (C=O) groups is 1. The molecule has 2 aromatic rings. The van der Waals surface area contributed by atoms with Gasteiger partial charge >= 0.3 is 0 Å². The van der Waals surface area contributed by atoms with Gasteiger partial charge in [-0.15, -0.1) is 0 Å². The highest BCUT2D eigenvalue weighted by atomic mass is 35.5. The second-order valence-corrected chi connectivity index (χ2v) is 9.62. The fraction of sp³-hybridized carbons (Fsp3) is 0.560. The molecule has 1 heterocycles. The van der Waals surface area contributed by atoms with Crippen LogP contribution in [-0.4, -0.2) is 60.0 Å². The van der Waals surface area contributed by atoms with Crippen LogP contribution in [0.15, 0.2) is 35.5 Å². The molecule has 8 heteroatoms. The molecule has 0 aliphatic rings. The monoisotopic (exact) mass is 491 g/mol. The maximum absolute atomic E-state index is 12.7. The number of rotatable bonds is 14. The van der Waals surface area contributed by atoms with Gasteiger partial charge in [0.25, 0.3) is 5.91 Å². The van der Waals surface area contributed by atoms with Gasteiger partial charge in [0.2, 0.25) is 0 Å². The number of thioether (sulfide) groups is 1. The van der Waals surface area contributed by atoms with Crippen LogP contribution in [-0.2, 0) is 5.75 Å². The zero-order valence-electron chi connectivity index (χ0n) is 20.6. The number of hydrogen-bond acceptors (Lipinski definition) is 6. The SMILES string of the molecule is CCCN(C)c1cc(Cl)nc(SCc2cccc(C(=O)NC(C)CCCN(CC)CC)c2)n1. The minimum Gasteiger partial charge on any atom is -0.360 e. The van der Waals surface area contributed by atoms with Crippen LogP contribution < -0.4 is 10.2 Å². The highest BCUT2D eigenvalue weighted by Gasteiger charge is 2.12. The average molecular weight is 492 g/mol. The zero-order valence-corrected chi connectivity index (χ0v) is 22.2. The molecular formula is C25H38ClN5OS. The molecule has 1 aromatic carbocycles. The minimum absolute atomic E-state index is 0.0281. The molecule has 0 aliphatic heterocycles. The molecule has 6 nitrogen and oxygen atoms in total. The first-order valence-corrected chi connectivity index (χ1v) is 13.2. The molecule has 33 heavy (non-hydrogen) atoms. The Morgan fingerprint density at radius 1 is 1.15 bits per heavy atom. The van der Waals surface area contributed by atoms with Crippen LogP contribution in [0.4, 0.5) is 5.82 Å². The first kappa shape index (κ1) is 27.4. The predicted octanol–water partition coefficient (Wildman–Crippen LogP) is 5.51. The van der Waals surface area contributed by atoms with E-state index in [4.69, 9.17) is 11.6 Å². The number of aromatic nitrogens is 2. The van der Waals surface area contributed by atoms with Gasteiger partial charge < -0.3 is 15.1 Å². The van der Waals surface area contributed by atoms with Crippen LogP contribution in [0.5, 0.6) is 0 Å². The Hall–Kier alpha value is -1.83. The lowest BCUT2D eigenvalue weighted by atomic mass is 10.1. The number of nitrogens with one attached hydrogen (secondary N) is 1. The Bertz CT molecular complexity index is 878. The van der Waals surface area contributed by atoms with Gasteiger partial charge in [-0.3, -0.25) is 4.79 Å². The Morgan fingerprint density at radius 3 is 2.61 bits per heavy atom. The summed E-state index contributed by atoms with van der Waals surface area (Å²) in [6, 6.07) is 9.68. The molecule has 0 bridgehead atoms. The van der Waals surface area contributed by atoms with Crippen molar-refractivity contribution < 1.29 is 4.79 Å². The summed E-state index contributed by atoms with van der Waals surface area (Å²) < 4.78 is 0. The van der Waals surface area contributed by atoms with E-state index in [-0.39, 0.29) is 11.9 Å². The van der Waals surface area contributed by atoms with Crippen LogP contribution in [0.1, 0.15) is 62.9 Å². The molecule has 2 rings (SSSR count). The topological polar surface area (TPSA) is 61.4 Å². The second-order valence-electron chi connectivity index (χ2n) is 8.29. The van der Waals surface area contributed by atoms with Crippen molar-refractivity contribution >= 4 is 35.1 Å². The Balaban J connectivity index is 1.92. The van der Waals surface area contributed by atoms with E-state index in [0.29, 0.717) is 21.6 Å².